The third-order valence-corrected chi connectivity index (χ3v) is 8.24. The van der Waals surface area contributed by atoms with Crippen LogP contribution in [-0.2, 0) is 14.8 Å². The molecule has 0 N–H and O–H groups in total. The van der Waals surface area contributed by atoms with Gasteiger partial charge in [-0.1, -0.05) is 0 Å². The summed E-state index contributed by atoms with van der Waals surface area (Å²) in [6.45, 7) is 4.23. The van der Waals surface area contributed by atoms with Gasteiger partial charge in [0.05, 0.1) is 0 Å². The van der Waals surface area contributed by atoms with Crippen molar-refractivity contribution in [2.75, 3.05) is 63.8 Å². The fraction of sp³-hybridized carbons (Fsp3) is 0.435. The lowest BCUT2D eigenvalue weighted by Gasteiger charge is -2.37. The van der Waals surface area contributed by atoms with Crippen LogP contribution in [0.5, 0.6) is 0 Å². The number of hydrogen-bond donors (Lipinski definition) is 0. The molecule has 0 saturated carbocycles. The summed E-state index contributed by atoms with van der Waals surface area (Å²) in [5, 5.41) is 0. The maximum atomic E-state index is 14.0. The molecule has 0 aliphatic carbocycles. The number of sulfonamides is 1. The van der Waals surface area contributed by atoms with Crippen LogP contribution < -0.4 is 4.90 Å². The molecule has 0 spiro atoms. The first-order valence-corrected chi connectivity index (χ1v) is 12.6. The zero-order valence-corrected chi connectivity index (χ0v) is 19.5. The first kappa shape index (κ1) is 24.5. The predicted octanol–water partition coefficient (Wildman–Crippen LogP) is 2.15. The van der Waals surface area contributed by atoms with Crippen LogP contribution in [-0.4, -0.2) is 87.3 Å². The molecule has 0 bridgehead atoms. The van der Waals surface area contributed by atoms with Gasteiger partial charge in [0, 0.05) is 77.1 Å². The van der Waals surface area contributed by atoms with Gasteiger partial charge in [0.2, 0.25) is 15.9 Å². The van der Waals surface area contributed by atoms with Gasteiger partial charge in [-0.3, -0.25) is 4.79 Å². The highest BCUT2D eigenvalue weighted by atomic mass is 32.2. The van der Waals surface area contributed by atoms with E-state index in [0.717, 1.165) is 17.8 Å². The van der Waals surface area contributed by atoms with Gasteiger partial charge in [-0.05, 0) is 36.4 Å². The third kappa shape index (κ3) is 5.53. The van der Waals surface area contributed by atoms with Gasteiger partial charge < -0.3 is 14.7 Å². The van der Waals surface area contributed by atoms with Crippen molar-refractivity contribution in [2.45, 2.75) is 11.3 Å². The summed E-state index contributed by atoms with van der Waals surface area (Å²) >= 11 is 0. The number of amides is 1. The number of carbonyl (C=O) groups excluding carboxylic acids is 1. The molecule has 2 aromatic rings. The average Bonchev–Trinajstić information content (AvgIpc) is 2.83. The van der Waals surface area contributed by atoms with Crippen molar-refractivity contribution in [3.63, 3.8) is 0 Å². The second-order valence-corrected chi connectivity index (χ2v) is 10.3. The molecule has 2 fully saturated rings. The van der Waals surface area contributed by atoms with Crippen LogP contribution >= 0.6 is 0 Å². The molecule has 2 saturated heterocycles. The quantitative estimate of drug-likeness (QED) is 0.614. The van der Waals surface area contributed by atoms with E-state index in [2.05, 4.69) is 4.90 Å². The summed E-state index contributed by atoms with van der Waals surface area (Å²) in [5.74, 6) is -2.17. The molecular weight excluding hydrogens is 469 g/mol. The minimum Gasteiger partial charge on any atom is -0.368 e. The number of rotatable bonds is 6. The molecule has 2 aliphatic heterocycles. The summed E-state index contributed by atoms with van der Waals surface area (Å²) in [5.41, 5.74) is 0.932. The molecule has 184 valence electrons. The van der Waals surface area contributed by atoms with Gasteiger partial charge in [0.1, 0.15) is 22.3 Å². The van der Waals surface area contributed by atoms with Crippen molar-refractivity contribution in [1.29, 1.82) is 0 Å². The van der Waals surface area contributed by atoms with Gasteiger partial charge >= 0.3 is 0 Å². The van der Waals surface area contributed by atoms with Crippen molar-refractivity contribution in [2.24, 2.45) is 0 Å². The molecule has 1 amide bonds. The first-order chi connectivity index (χ1) is 16.2. The van der Waals surface area contributed by atoms with Gasteiger partial charge in [-0.25, -0.2) is 21.6 Å². The lowest BCUT2D eigenvalue weighted by atomic mass is 10.2. The Morgan fingerprint density at radius 3 is 2.03 bits per heavy atom. The molecule has 0 unspecified atom stereocenters. The SMILES string of the molecule is O=C(CCN1CCN(S(=O)(=O)c2ccc(F)cc2F)CC1)N1CCN(c2ccc(F)cc2)CC1. The van der Waals surface area contributed by atoms with E-state index in [1.54, 1.807) is 12.1 Å². The van der Waals surface area contributed by atoms with E-state index in [9.17, 15) is 26.4 Å². The Bertz CT molecular complexity index is 1110. The highest BCUT2D eigenvalue weighted by molar-refractivity contribution is 7.89. The van der Waals surface area contributed by atoms with Crippen LogP contribution in [0.1, 0.15) is 6.42 Å². The lowest BCUT2D eigenvalue weighted by molar-refractivity contribution is -0.131. The van der Waals surface area contributed by atoms with E-state index < -0.39 is 26.6 Å². The van der Waals surface area contributed by atoms with Crippen molar-refractivity contribution in [3.8, 4) is 0 Å². The molecule has 0 aromatic heterocycles. The molecule has 4 rings (SSSR count). The van der Waals surface area contributed by atoms with E-state index in [4.69, 9.17) is 0 Å². The van der Waals surface area contributed by atoms with E-state index >= 15 is 0 Å². The Balaban J connectivity index is 1.22. The second kappa shape index (κ2) is 10.3. The summed E-state index contributed by atoms with van der Waals surface area (Å²) in [6, 6.07) is 8.75. The van der Waals surface area contributed by atoms with Crippen molar-refractivity contribution < 1.29 is 26.4 Å². The molecule has 2 heterocycles. The van der Waals surface area contributed by atoms with Crippen molar-refractivity contribution >= 4 is 21.6 Å². The Morgan fingerprint density at radius 1 is 0.794 bits per heavy atom. The fourth-order valence-electron chi connectivity index (χ4n) is 4.29. The number of piperazine rings is 2. The van der Waals surface area contributed by atoms with E-state index in [0.29, 0.717) is 58.3 Å². The van der Waals surface area contributed by atoms with Crippen LogP contribution in [0.4, 0.5) is 18.9 Å². The number of carbonyl (C=O) groups is 1. The number of anilines is 1. The van der Waals surface area contributed by atoms with Gasteiger partial charge in [-0.15, -0.1) is 0 Å². The molecule has 2 aromatic carbocycles. The normalized spacial score (nSPS) is 18.3. The third-order valence-electron chi connectivity index (χ3n) is 6.31. The van der Waals surface area contributed by atoms with Gasteiger partial charge in [0.25, 0.3) is 0 Å². The van der Waals surface area contributed by atoms with Crippen molar-refractivity contribution in [1.82, 2.24) is 14.1 Å². The molecule has 11 heteroatoms. The maximum Gasteiger partial charge on any atom is 0.246 e. The fourth-order valence-corrected chi connectivity index (χ4v) is 5.76. The molecule has 34 heavy (non-hydrogen) atoms. The summed E-state index contributed by atoms with van der Waals surface area (Å²) in [4.78, 5) is 18.1. The van der Waals surface area contributed by atoms with Crippen LogP contribution in [0.15, 0.2) is 47.4 Å². The smallest absolute Gasteiger partial charge is 0.246 e. The highest BCUT2D eigenvalue weighted by Gasteiger charge is 2.31. The minimum absolute atomic E-state index is 0.0437. The minimum atomic E-state index is -4.05. The zero-order valence-electron chi connectivity index (χ0n) is 18.7. The molecule has 0 atom stereocenters. The van der Waals surface area contributed by atoms with Crippen LogP contribution in [0.2, 0.25) is 0 Å². The van der Waals surface area contributed by atoms with E-state index in [1.165, 1.54) is 16.4 Å². The Kier molecular flexibility index (Phi) is 7.44. The van der Waals surface area contributed by atoms with Gasteiger partial charge in [0.15, 0.2) is 0 Å². The van der Waals surface area contributed by atoms with Crippen LogP contribution in [0, 0.1) is 17.5 Å². The summed E-state index contributed by atoms with van der Waals surface area (Å²) in [6.07, 6.45) is 0.329. The molecular formula is C23H27F3N4O3S. The summed E-state index contributed by atoms with van der Waals surface area (Å²) in [7, 11) is -4.05. The maximum absolute atomic E-state index is 14.0. The second-order valence-electron chi connectivity index (χ2n) is 8.41. The topological polar surface area (TPSA) is 64.2 Å². The average molecular weight is 497 g/mol. The van der Waals surface area contributed by atoms with Gasteiger partial charge in [-0.2, -0.15) is 4.31 Å². The Morgan fingerprint density at radius 2 is 1.41 bits per heavy atom. The lowest BCUT2D eigenvalue weighted by Crippen LogP contribution is -2.51. The highest BCUT2D eigenvalue weighted by Crippen LogP contribution is 2.22. The van der Waals surface area contributed by atoms with Crippen molar-refractivity contribution in [3.05, 3.63) is 59.9 Å². The van der Waals surface area contributed by atoms with E-state index in [1.807, 2.05) is 9.80 Å². The number of nitrogens with zero attached hydrogens (tertiary/aromatic N) is 4. The first-order valence-electron chi connectivity index (χ1n) is 11.2. The zero-order chi connectivity index (χ0) is 24.3. The Hall–Kier alpha value is -2.63. The molecule has 2 aliphatic rings. The van der Waals surface area contributed by atoms with E-state index in [-0.39, 0.29) is 24.8 Å². The molecule has 7 nitrogen and oxygen atoms in total. The van der Waals surface area contributed by atoms with Crippen LogP contribution in [0.25, 0.3) is 0 Å². The molecule has 0 radical (unpaired) electrons. The largest absolute Gasteiger partial charge is 0.368 e. The Labute approximate surface area is 197 Å². The number of halogens is 3. The number of benzene rings is 2. The summed E-state index contributed by atoms with van der Waals surface area (Å²) < 4.78 is 66.8. The standard InChI is InChI=1S/C23H27F3N4O3S/c24-18-1-4-20(5-2-18)28-11-13-29(14-12-28)23(31)7-8-27-9-15-30(16-10-27)34(32,33)22-6-3-19(25)17-21(22)26/h1-6,17H,7-16H2. The predicted molar refractivity (Wildman–Crippen MR) is 121 cm³/mol. The van der Waals surface area contributed by atoms with Crippen LogP contribution in [0.3, 0.4) is 0 Å². The monoisotopic (exact) mass is 496 g/mol. The number of hydrogen-bond acceptors (Lipinski definition) is 5.